The molecule has 3 aromatic rings. The molecule has 1 amide bonds. The van der Waals surface area contributed by atoms with Crippen LogP contribution in [0.15, 0.2) is 36.0 Å². The van der Waals surface area contributed by atoms with Crippen LogP contribution in [0.25, 0.3) is 16.2 Å². The number of rotatable bonds is 4. The Bertz CT molecular complexity index is 792. The standard InChI is InChI=1S/C16H18N4OS/c1-10(2)11(3)19-16(21)12-9-18-20-13(6-7-17-15(12)20)14-5-4-8-22-14/h4-11H,1-3H3,(H,19,21). The molecule has 0 fully saturated rings. The van der Waals surface area contributed by atoms with Gasteiger partial charge < -0.3 is 5.32 Å². The monoisotopic (exact) mass is 314 g/mol. The predicted molar refractivity (Wildman–Crippen MR) is 88.1 cm³/mol. The number of hydrogen-bond donors (Lipinski definition) is 1. The quantitative estimate of drug-likeness (QED) is 0.804. The van der Waals surface area contributed by atoms with E-state index in [2.05, 4.69) is 29.2 Å². The van der Waals surface area contributed by atoms with Crippen molar-refractivity contribution in [1.29, 1.82) is 0 Å². The van der Waals surface area contributed by atoms with Gasteiger partial charge in [0.1, 0.15) is 5.56 Å². The fourth-order valence-electron chi connectivity index (χ4n) is 2.11. The third-order valence-electron chi connectivity index (χ3n) is 3.78. The second-order valence-corrected chi connectivity index (χ2v) is 6.55. The molecule has 1 unspecified atom stereocenters. The molecule has 0 saturated carbocycles. The molecule has 6 heteroatoms. The number of nitrogens with zero attached hydrogens (tertiary/aromatic N) is 3. The van der Waals surface area contributed by atoms with Crippen LogP contribution in [0.1, 0.15) is 31.1 Å². The van der Waals surface area contributed by atoms with E-state index >= 15 is 0 Å². The van der Waals surface area contributed by atoms with Crippen LogP contribution >= 0.6 is 11.3 Å². The molecule has 0 bridgehead atoms. The topological polar surface area (TPSA) is 59.3 Å². The number of fused-ring (bicyclic) bond motifs is 1. The van der Waals surface area contributed by atoms with Gasteiger partial charge in [0.25, 0.3) is 5.91 Å². The van der Waals surface area contributed by atoms with Crippen LogP contribution in [0, 0.1) is 5.92 Å². The maximum atomic E-state index is 12.4. The Labute approximate surface area is 133 Å². The van der Waals surface area contributed by atoms with Crippen LogP contribution in [0.4, 0.5) is 0 Å². The normalized spacial score (nSPS) is 12.7. The Balaban J connectivity index is 1.99. The van der Waals surface area contributed by atoms with Crippen LogP contribution < -0.4 is 5.32 Å². The van der Waals surface area contributed by atoms with Crippen LogP contribution in [0.2, 0.25) is 0 Å². The minimum atomic E-state index is -0.132. The zero-order chi connectivity index (χ0) is 15.7. The van der Waals surface area contributed by atoms with Gasteiger partial charge in [0, 0.05) is 12.2 Å². The molecule has 1 N–H and O–H groups in total. The van der Waals surface area contributed by atoms with Crippen molar-refractivity contribution in [2.24, 2.45) is 5.92 Å². The van der Waals surface area contributed by atoms with Crippen LogP contribution in [0.3, 0.4) is 0 Å². The van der Waals surface area contributed by atoms with Gasteiger partial charge in [-0.05, 0) is 30.4 Å². The van der Waals surface area contributed by atoms with Gasteiger partial charge in [-0.3, -0.25) is 4.79 Å². The molecule has 0 aromatic carbocycles. The summed E-state index contributed by atoms with van der Waals surface area (Å²) in [5, 5.41) is 9.36. The zero-order valence-electron chi connectivity index (χ0n) is 12.8. The first-order valence-corrected chi connectivity index (χ1v) is 8.13. The highest BCUT2D eigenvalue weighted by Crippen LogP contribution is 2.25. The Morgan fingerprint density at radius 2 is 2.14 bits per heavy atom. The first-order chi connectivity index (χ1) is 10.6. The van der Waals surface area contributed by atoms with Crippen molar-refractivity contribution in [3.05, 3.63) is 41.5 Å². The fraction of sp³-hybridized carbons (Fsp3) is 0.312. The average Bonchev–Trinajstić information content (AvgIpc) is 3.16. The number of thiophene rings is 1. The summed E-state index contributed by atoms with van der Waals surface area (Å²) < 4.78 is 1.72. The second-order valence-electron chi connectivity index (χ2n) is 5.61. The minimum absolute atomic E-state index is 0.0999. The number of amides is 1. The lowest BCUT2D eigenvalue weighted by Gasteiger charge is -2.16. The fourth-order valence-corrected chi connectivity index (χ4v) is 2.85. The summed E-state index contributed by atoms with van der Waals surface area (Å²) in [6, 6.07) is 6.03. The smallest absolute Gasteiger partial charge is 0.256 e. The highest BCUT2D eigenvalue weighted by atomic mass is 32.1. The van der Waals surface area contributed by atoms with E-state index in [1.807, 2.05) is 30.5 Å². The van der Waals surface area contributed by atoms with Crippen molar-refractivity contribution >= 4 is 22.9 Å². The summed E-state index contributed by atoms with van der Waals surface area (Å²) >= 11 is 1.63. The number of carbonyl (C=O) groups is 1. The Morgan fingerprint density at radius 3 is 2.82 bits per heavy atom. The van der Waals surface area contributed by atoms with Gasteiger partial charge in [0.2, 0.25) is 0 Å². The summed E-state index contributed by atoms with van der Waals surface area (Å²) in [7, 11) is 0. The molecule has 0 radical (unpaired) electrons. The van der Waals surface area contributed by atoms with Crippen LogP contribution in [-0.2, 0) is 0 Å². The minimum Gasteiger partial charge on any atom is -0.349 e. The van der Waals surface area contributed by atoms with Crippen LogP contribution in [0.5, 0.6) is 0 Å². The summed E-state index contributed by atoms with van der Waals surface area (Å²) in [6.45, 7) is 6.15. The van der Waals surface area contributed by atoms with Gasteiger partial charge in [-0.25, -0.2) is 9.50 Å². The maximum Gasteiger partial charge on any atom is 0.256 e. The van der Waals surface area contributed by atoms with E-state index in [0.29, 0.717) is 17.1 Å². The molecule has 0 aliphatic carbocycles. The molecule has 0 saturated heterocycles. The first kappa shape index (κ1) is 14.7. The molecule has 3 heterocycles. The van der Waals surface area contributed by atoms with Gasteiger partial charge in [-0.1, -0.05) is 19.9 Å². The van der Waals surface area contributed by atoms with E-state index in [1.54, 1.807) is 28.2 Å². The maximum absolute atomic E-state index is 12.4. The summed E-state index contributed by atoms with van der Waals surface area (Å²) in [4.78, 5) is 17.9. The van der Waals surface area contributed by atoms with E-state index < -0.39 is 0 Å². The summed E-state index contributed by atoms with van der Waals surface area (Å²) in [5.41, 5.74) is 2.03. The highest BCUT2D eigenvalue weighted by Gasteiger charge is 2.18. The van der Waals surface area contributed by atoms with Crippen molar-refractivity contribution in [2.75, 3.05) is 0 Å². The number of nitrogens with one attached hydrogen (secondary N) is 1. The molecular weight excluding hydrogens is 296 g/mol. The van der Waals surface area contributed by atoms with Crippen molar-refractivity contribution in [3.63, 3.8) is 0 Å². The third-order valence-corrected chi connectivity index (χ3v) is 4.67. The van der Waals surface area contributed by atoms with E-state index in [0.717, 1.165) is 10.6 Å². The SMILES string of the molecule is CC(C)C(C)NC(=O)c1cnn2c(-c3cccs3)ccnc12. The van der Waals surface area contributed by atoms with E-state index in [9.17, 15) is 4.79 Å². The number of aromatic nitrogens is 3. The first-order valence-electron chi connectivity index (χ1n) is 7.25. The van der Waals surface area contributed by atoms with Crippen molar-refractivity contribution in [1.82, 2.24) is 19.9 Å². The highest BCUT2D eigenvalue weighted by molar-refractivity contribution is 7.13. The Hall–Kier alpha value is -2.21. The largest absolute Gasteiger partial charge is 0.349 e. The molecule has 114 valence electrons. The van der Waals surface area contributed by atoms with Crippen molar-refractivity contribution in [2.45, 2.75) is 26.8 Å². The molecule has 1 atom stereocenters. The van der Waals surface area contributed by atoms with Gasteiger partial charge >= 0.3 is 0 Å². The number of carbonyl (C=O) groups excluding carboxylic acids is 1. The molecule has 22 heavy (non-hydrogen) atoms. The lowest BCUT2D eigenvalue weighted by molar-refractivity contribution is 0.0932. The molecule has 3 aromatic heterocycles. The summed E-state index contributed by atoms with van der Waals surface area (Å²) in [6.07, 6.45) is 3.30. The molecule has 5 nitrogen and oxygen atoms in total. The van der Waals surface area contributed by atoms with Gasteiger partial charge in [-0.15, -0.1) is 11.3 Å². The second kappa shape index (κ2) is 5.88. The lowest BCUT2D eigenvalue weighted by Crippen LogP contribution is -2.36. The predicted octanol–water partition coefficient (Wildman–Crippen LogP) is 3.23. The molecule has 0 aliphatic rings. The molecule has 3 rings (SSSR count). The van der Waals surface area contributed by atoms with Crippen molar-refractivity contribution in [3.8, 4) is 10.6 Å². The van der Waals surface area contributed by atoms with E-state index in [-0.39, 0.29) is 11.9 Å². The Kier molecular flexibility index (Phi) is 3.94. The molecule has 0 spiro atoms. The van der Waals surface area contributed by atoms with E-state index in [4.69, 9.17) is 0 Å². The lowest BCUT2D eigenvalue weighted by atomic mass is 10.1. The summed E-state index contributed by atoms with van der Waals surface area (Å²) in [5.74, 6) is 0.243. The zero-order valence-corrected chi connectivity index (χ0v) is 13.6. The molecular formula is C16H18N4OS. The Morgan fingerprint density at radius 1 is 1.32 bits per heavy atom. The molecule has 0 aliphatic heterocycles. The van der Waals surface area contributed by atoms with Gasteiger partial charge in [0.05, 0.1) is 16.8 Å². The van der Waals surface area contributed by atoms with Crippen molar-refractivity contribution < 1.29 is 4.79 Å². The van der Waals surface area contributed by atoms with Gasteiger partial charge in [-0.2, -0.15) is 5.10 Å². The average molecular weight is 314 g/mol. The third kappa shape index (κ3) is 2.62. The van der Waals surface area contributed by atoms with Gasteiger partial charge in [0.15, 0.2) is 5.65 Å². The number of hydrogen-bond acceptors (Lipinski definition) is 4. The van der Waals surface area contributed by atoms with Crippen LogP contribution in [-0.4, -0.2) is 26.5 Å². The van der Waals surface area contributed by atoms with E-state index in [1.165, 1.54) is 0 Å².